The van der Waals surface area contributed by atoms with Crippen molar-refractivity contribution in [3.63, 3.8) is 0 Å². The highest BCUT2D eigenvalue weighted by molar-refractivity contribution is 5.69. The molecule has 0 aromatic heterocycles. The van der Waals surface area contributed by atoms with Crippen LogP contribution in [0.1, 0.15) is 65.2 Å². The van der Waals surface area contributed by atoms with E-state index >= 15 is 0 Å². The zero-order valence-electron chi connectivity index (χ0n) is 22.4. The first kappa shape index (κ1) is 34.2. The van der Waals surface area contributed by atoms with Crippen molar-refractivity contribution in [2.45, 2.75) is 65.2 Å². The molecule has 0 aliphatic rings. The van der Waals surface area contributed by atoms with E-state index in [0.29, 0.717) is 92.3 Å². The standard InChI is InChI=1S/C26H52O9/c1-3-5-6-7-8-9-11-28-12-13-29-14-15-30-16-17-31-18-19-32-20-21-33-22-23-34-24-25-35-26(27)10-4-2/h3-25H2,1-2H3. The number of hydrogen-bond acceptors (Lipinski definition) is 9. The Kier molecular flexibility index (Phi) is 30.5. The number of esters is 1. The molecule has 0 heterocycles. The summed E-state index contributed by atoms with van der Waals surface area (Å²) in [6, 6.07) is 0. The van der Waals surface area contributed by atoms with Gasteiger partial charge in [0.1, 0.15) is 6.61 Å². The van der Waals surface area contributed by atoms with Crippen LogP contribution >= 0.6 is 0 Å². The number of hydrogen-bond donors (Lipinski definition) is 0. The third-order valence-electron chi connectivity index (χ3n) is 4.82. The molecule has 0 fully saturated rings. The zero-order chi connectivity index (χ0) is 25.5. The average molecular weight is 509 g/mol. The first-order valence-corrected chi connectivity index (χ1v) is 13.5. The van der Waals surface area contributed by atoms with E-state index < -0.39 is 0 Å². The minimum Gasteiger partial charge on any atom is -0.463 e. The molecule has 0 spiro atoms. The van der Waals surface area contributed by atoms with Crippen LogP contribution in [0, 0.1) is 0 Å². The molecule has 0 aliphatic heterocycles. The lowest BCUT2D eigenvalue weighted by molar-refractivity contribution is -0.145. The van der Waals surface area contributed by atoms with Gasteiger partial charge in [-0.3, -0.25) is 4.79 Å². The first-order valence-electron chi connectivity index (χ1n) is 13.5. The molecule has 0 saturated heterocycles. The number of unbranched alkanes of at least 4 members (excludes halogenated alkanes) is 5. The lowest BCUT2D eigenvalue weighted by Gasteiger charge is -2.08. The Morgan fingerprint density at radius 2 is 0.743 bits per heavy atom. The Balaban J connectivity index is 3.04. The van der Waals surface area contributed by atoms with Gasteiger partial charge in [-0.25, -0.2) is 0 Å². The summed E-state index contributed by atoms with van der Waals surface area (Å²) < 4.78 is 43.1. The third kappa shape index (κ3) is 31.2. The van der Waals surface area contributed by atoms with Crippen molar-refractivity contribution < 1.29 is 42.7 Å². The molecule has 0 amide bonds. The van der Waals surface area contributed by atoms with E-state index in [1.807, 2.05) is 6.92 Å². The Labute approximate surface area is 213 Å². The lowest BCUT2D eigenvalue weighted by atomic mass is 10.1. The second kappa shape index (κ2) is 31.2. The van der Waals surface area contributed by atoms with E-state index in [-0.39, 0.29) is 12.6 Å². The maximum absolute atomic E-state index is 11.2. The number of ether oxygens (including phenoxy) is 8. The van der Waals surface area contributed by atoms with Gasteiger partial charge in [0.15, 0.2) is 0 Å². The van der Waals surface area contributed by atoms with E-state index in [1.165, 1.54) is 32.1 Å². The molecule has 0 bridgehead atoms. The molecule has 0 N–H and O–H groups in total. The smallest absolute Gasteiger partial charge is 0.305 e. The summed E-state index contributed by atoms with van der Waals surface area (Å²) in [4.78, 5) is 11.2. The molecular formula is C26H52O9. The van der Waals surface area contributed by atoms with E-state index in [0.717, 1.165) is 19.4 Å². The first-order chi connectivity index (χ1) is 17.3. The van der Waals surface area contributed by atoms with Crippen LogP contribution in [0.3, 0.4) is 0 Å². The fourth-order valence-corrected chi connectivity index (χ4v) is 2.90. The molecular weight excluding hydrogens is 456 g/mol. The van der Waals surface area contributed by atoms with Crippen LogP contribution in [0.25, 0.3) is 0 Å². The second-order valence-corrected chi connectivity index (χ2v) is 8.02. The summed E-state index contributed by atoms with van der Waals surface area (Å²) in [7, 11) is 0. The van der Waals surface area contributed by atoms with Crippen molar-refractivity contribution in [1.29, 1.82) is 0 Å². The Hall–Kier alpha value is -0.810. The van der Waals surface area contributed by atoms with Crippen LogP contribution in [0.15, 0.2) is 0 Å². The quantitative estimate of drug-likeness (QED) is 0.106. The summed E-state index contributed by atoms with van der Waals surface area (Å²) in [6.07, 6.45) is 8.93. The molecule has 0 saturated carbocycles. The van der Waals surface area contributed by atoms with Gasteiger partial charge in [-0.05, 0) is 12.8 Å². The van der Waals surface area contributed by atoms with E-state index in [4.69, 9.17) is 37.9 Å². The maximum Gasteiger partial charge on any atom is 0.305 e. The van der Waals surface area contributed by atoms with Gasteiger partial charge < -0.3 is 37.9 Å². The zero-order valence-corrected chi connectivity index (χ0v) is 22.4. The van der Waals surface area contributed by atoms with Gasteiger partial charge in [-0.15, -0.1) is 0 Å². The molecule has 9 heteroatoms. The average Bonchev–Trinajstić information content (AvgIpc) is 2.86. The van der Waals surface area contributed by atoms with Gasteiger partial charge in [-0.1, -0.05) is 46.0 Å². The van der Waals surface area contributed by atoms with Crippen LogP contribution in [-0.4, -0.2) is 105 Å². The number of carbonyl (C=O) groups excluding carboxylic acids is 1. The normalized spacial score (nSPS) is 11.3. The highest BCUT2D eigenvalue weighted by atomic mass is 16.6. The summed E-state index contributed by atoms with van der Waals surface area (Å²) in [5.74, 6) is -0.179. The summed E-state index contributed by atoms with van der Waals surface area (Å²) >= 11 is 0. The molecule has 0 aromatic carbocycles. The van der Waals surface area contributed by atoms with E-state index in [1.54, 1.807) is 0 Å². The molecule has 0 rings (SSSR count). The predicted octanol–water partition coefficient (Wildman–Crippen LogP) is 3.81. The number of carbonyl (C=O) groups is 1. The van der Waals surface area contributed by atoms with Gasteiger partial charge in [0.2, 0.25) is 0 Å². The monoisotopic (exact) mass is 508 g/mol. The molecule has 0 radical (unpaired) electrons. The Bertz CT molecular complexity index is 410. The van der Waals surface area contributed by atoms with Crippen LogP contribution in [0.2, 0.25) is 0 Å². The van der Waals surface area contributed by atoms with Crippen LogP contribution in [0.5, 0.6) is 0 Å². The molecule has 9 nitrogen and oxygen atoms in total. The van der Waals surface area contributed by atoms with E-state index in [2.05, 4.69) is 6.92 Å². The topological polar surface area (TPSA) is 90.9 Å². The van der Waals surface area contributed by atoms with Gasteiger partial charge in [0.05, 0.1) is 85.9 Å². The predicted molar refractivity (Wildman–Crippen MR) is 135 cm³/mol. The lowest BCUT2D eigenvalue weighted by Crippen LogP contribution is -2.15. The molecule has 0 aromatic rings. The van der Waals surface area contributed by atoms with Crippen molar-refractivity contribution in [2.24, 2.45) is 0 Å². The van der Waals surface area contributed by atoms with Gasteiger partial charge in [0, 0.05) is 13.0 Å². The van der Waals surface area contributed by atoms with E-state index in [9.17, 15) is 4.79 Å². The van der Waals surface area contributed by atoms with Gasteiger partial charge in [-0.2, -0.15) is 0 Å². The summed E-state index contributed by atoms with van der Waals surface area (Å²) in [5, 5.41) is 0. The highest BCUT2D eigenvalue weighted by Gasteiger charge is 2.00. The maximum atomic E-state index is 11.2. The van der Waals surface area contributed by atoms with Gasteiger partial charge >= 0.3 is 5.97 Å². The van der Waals surface area contributed by atoms with Crippen LogP contribution in [0.4, 0.5) is 0 Å². The minimum atomic E-state index is -0.179. The van der Waals surface area contributed by atoms with Gasteiger partial charge in [0.25, 0.3) is 0 Å². The van der Waals surface area contributed by atoms with Crippen LogP contribution < -0.4 is 0 Å². The second-order valence-electron chi connectivity index (χ2n) is 8.02. The SMILES string of the molecule is CCCCCCCCOCCOCCOCCOCCOCCOCCOCCOC(=O)CCC. The van der Waals surface area contributed by atoms with Crippen molar-refractivity contribution in [2.75, 3.05) is 99.1 Å². The molecule has 0 aliphatic carbocycles. The largest absolute Gasteiger partial charge is 0.463 e. The number of rotatable bonds is 30. The molecule has 35 heavy (non-hydrogen) atoms. The Morgan fingerprint density at radius 3 is 1.14 bits per heavy atom. The Morgan fingerprint density at radius 1 is 0.400 bits per heavy atom. The molecule has 0 atom stereocenters. The fraction of sp³-hybridized carbons (Fsp3) is 0.962. The van der Waals surface area contributed by atoms with Crippen molar-refractivity contribution in [1.82, 2.24) is 0 Å². The molecule has 0 unspecified atom stereocenters. The summed E-state index contributed by atoms with van der Waals surface area (Å²) in [5.41, 5.74) is 0. The highest BCUT2D eigenvalue weighted by Crippen LogP contribution is 2.04. The van der Waals surface area contributed by atoms with Crippen molar-refractivity contribution in [3.8, 4) is 0 Å². The van der Waals surface area contributed by atoms with Crippen molar-refractivity contribution >= 4 is 5.97 Å². The minimum absolute atomic E-state index is 0.179. The van der Waals surface area contributed by atoms with Crippen molar-refractivity contribution in [3.05, 3.63) is 0 Å². The summed E-state index contributed by atoms with van der Waals surface area (Å²) in [6.45, 7) is 12.1. The third-order valence-corrected chi connectivity index (χ3v) is 4.82. The fourth-order valence-electron chi connectivity index (χ4n) is 2.90. The van der Waals surface area contributed by atoms with Crippen LogP contribution in [-0.2, 0) is 42.7 Å². The molecule has 210 valence electrons.